The zero-order chi connectivity index (χ0) is 22.1. The van der Waals surface area contributed by atoms with Gasteiger partial charge in [-0.1, -0.05) is 42.5 Å². The van der Waals surface area contributed by atoms with Gasteiger partial charge in [-0.25, -0.2) is 4.39 Å². The second-order valence-electron chi connectivity index (χ2n) is 7.73. The van der Waals surface area contributed by atoms with E-state index in [1.165, 1.54) is 12.1 Å². The molecule has 166 valence electrons. The maximum atomic E-state index is 13.3. The van der Waals surface area contributed by atoms with Gasteiger partial charge in [0.25, 0.3) is 0 Å². The van der Waals surface area contributed by atoms with Crippen molar-refractivity contribution in [3.63, 3.8) is 0 Å². The molecule has 1 aliphatic rings. The molecule has 6 nitrogen and oxygen atoms in total. The van der Waals surface area contributed by atoms with Crippen LogP contribution >= 0.6 is 0 Å². The molecule has 3 rings (SSSR count). The molecule has 7 heteroatoms. The number of morpholine rings is 1. The van der Waals surface area contributed by atoms with Crippen LogP contribution in [0.3, 0.4) is 0 Å². The average molecular weight is 428 g/mol. The molecule has 2 aromatic carbocycles. The number of carbonyl (C=O) groups is 2. The standard InChI is InChI=1S/C24H30FN3O3/c1-19(24(30)26-11-12-27-13-15-31-16-14-27)28(18-21-7-9-22(25)10-8-21)23(29)17-20-5-3-2-4-6-20/h2-10,19H,11-18H2,1H3,(H,26,30). The Bertz CT molecular complexity index is 839. The highest BCUT2D eigenvalue weighted by atomic mass is 19.1. The van der Waals surface area contributed by atoms with E-state index in [9.17, 15) is 14.0 Å². The van der Waals surface area contributed by atoms with Crippen molar-refractivity contribution < 1.29 is 18.7 Å². The molecular formula is C24H30FN3O3. The first-order valence-corrected chi connectivity index (χ1v) is 10.7. The van der Waals surface area contributed by atoms with Crippen LogP contribution in [0.1, 0.15) is 18.1 Å². The summed E-state index contributed by atoms with van der Waals surface area (Å²) in [7, 11) is 0. The second kappa shape index (κ2) is 11.6. The minimum Gasteiger partial charge on any atom is -0.379 e. The van der Waals surface area contributed by atoms with Gasteiger partial charge in [0.2, 0.25) is 11.8 Å². The monoisotopic (exact) mass is 427 g/mol. The summed E-state index contributed by atoms with van der Waals surface area (Å²) >= 11 is 0. The van der Waals surface area contributed by atoms with E-state index >= 15 is 0 Å². The Morgan fingerprint density at radius 2 is 1.74 bits per heavy atom. The summed E-state index contributed by atoms with van der Waals surface area (Å²) in [5.74, 6) is -0.678. The van der Waals surface area contributed by atoms with Crippen molar-refractivity contribution in [3.05, 3.63) is 71.5 Å². The Balaban J connectivity index is 1.63. The van der Waals surface area contributed by atoms with Crippen LogP contribution in [0.15, 0.2) is 54.6 Å². The molecule has 0 saturated carbocycles. The van der Waals surface area contributed by atoms with E-state index in [1.54, 1.807) is 24.0 Å². The fourth-order valence-corrected chi connectivity index (χ4v) is 3.55. The molecule has 0 aliphatic carbocycles. The highest BCUT2D eigenvalue weighted by molar-refractivity contribution is 5.88. The van der Waals surface area contributed by atoms with E-state index < -0.39 is 6.04 Å². The molecule has 1 aliphatic heterocycles. The molecule has 0 bridgehead atoms. The Morgan fingerprint density at radius 1 is 1.06 bits per heavy atom. The number of nitrogens with zero attached hydrogens (tertiary/aromatic N) is 2. The van der Waals surface area contributed by atoms with Crippen molar-refractivity contribution in [2.75, 3.05) is 39.4 Å². The van der Waals surface area contributed by atoms with Gasteiger partial charge in [-0.3, -0.25) is 14.5 Å². The third-order valence-electron chi connectivity index (χ3n) is 5.46. The van der Waals surface area contributed by atoms with Crippen molar-refractivity contribution >= 4 is 11.8 Å². The van der Waals surface area contributed by atoms with E-state index in [-0.39, 0.29) is 30.6 Å². The van der Waals surface area contributed by atoms with E-state index in [2.05, 4.69) is 10.2 Å². The minimum atomic E-state index is -0.647. The summed E-state index contributed by atoms with van der Waals surface area (Å²) < 4.78 is 18.6. The van der Waals surface area contributed by atoms with Gasteiger partial charge in [0.15, 0.2) is 0 Å². The number of hydrogen-bond donors (Lipinski definition) is 1. The molecule has 0 aromatic heterocycles. The van der Waals surface area contributed by atoms with Crippen LogP contribution < -0.4 is 5.32 Å². The first-order chi connectivity index (χ1) is 15.0. The molecule has 1 fully saturated rings. The van der Waals surface area contributed by atoms with E-state index in [0.717, 1.165) is 30.8 Å². The summed E-state index contributed by atoms with van der Waals surface area (Å²) in [5.41, 5.74) is 1.66. The summed E-state index contributed by atoms with van der Waals surface area (Å²) in [5, 5.41) is 2.95. The highest BCUT2D eigenvalue weighted by Crippen LogP contribution is 2.13. The zero-order valence-electron chi connectivity index (χ0n) is 17.9. The molecule has 1 unspecified atom stereocenters. The van der Waals surface area contributed by atoms with Gasteiger partial charge < -0.3 is 15.0 Å². The van der Waals surface area contributed by atoms with Gasteiger partial charge in [-0.2, -0.15) is 0 Å². The maximum Gasteiger partial charge on any atom is 0.242 e. The van der Waals surface area contributed by atoms with Crippen LogP contribution in [0.5, 0.6) is 0 Å². The number of nitrogens with one attached hydrogen (secondary N) is 1. The van der Waals surface area contributed by atoms with Crippen molar-refractivity contribution in [2.24, 2.45) is 0 Å². The fraction of sp³-hybridized carbons (Fsp3) is 0.417. The van der Waals surface area contributed by atoms with Crippen molar-refractivity contribution in [2.45, 2.75) is 25.9 Å². The molecule has 2 aromatic rings. The van der Waals surface area contributed by atoms with Crippen molar-refractivity contribution in [1.82, 2.24) is 15.1 Å². The number of rotatable bonds is 9. The predicted octanol–water partition coefficient (Wildman–Crippen LogP) is 2.23. The third-order valence-corrected chi connectivity index (χ3v) is 5.46. The number of halogens is 1. The van der Waals surface area contributed by atoms with Crippen LogP contribution in [0, 0.1) is 5.82 Å². The van der Waals surface area contributed by atoms with E-state index in [4.69, 9.17) is 4.74 Å². The quantitative estimate of drug-likeness (QED) is 0.667. The molecular weight excluding hydrogens is 397 g/mol. The topological polar surface area (TPSA) is 61.9 Å². The number of benzene rings is 2. The molecule has 1 atom stereocenters. The average Bonchev–Trinajstić information content (AvgIpc) is 2.79. The van der Waals surface area contributed by atoms with Gasteiger partial charge in [-0.05, 0) is 30.2 Å². The van der Waals surface area contributed by atoms with Gasteiger partial charge in [0, 0.05) is 32.7 Å². The number of ether oxygens (including phenoxy) is 1. The van der Waals surface area contributed by atoms with Crippen LogP contribution in [-0.4, -0.2) is 67.0 Å². The minimum absolute atomic E-state index is 0.147. The first-order valence-electron chi connectivity index (χ1n) is 10.7. The Kier molecular flexibility index (Phi) is 8.55. The van der Waals surface area contributed by atoms with Crippen LogP contribution in [0.25, 0.3) is 0 Å². The summed E-state index contributed by atoms with van der Waals surface area (Å²) in [6.45, 7) is 6.38. The largest absolute Gasteiger partial charge is 0.379 e. The summed E-state index contributed by atoms with van der Waals surface area (Å²) in [6.07, 6.45) is 0.202. The van der Waals surface area contributed by atoms with Crippen LogP contribution in [0.4, 0.5) is 4.39 Å². The van der Waals surface area contributed by atoms with E-state index in [0.29, 0.717) is 19.8 Å². The third kappa shape index (κ3) is 7.15. The molecule has 1 saturated heterocycles. The summed E-state index contributed by atoms with van der Waals surface area (Å²) in [6, 6.07) is 14.8. The normalized spacial score (nSPS) is 15.3. The molecule has 0 radical (unpaired) electrons. The lowest BCUT2D eigenvalue weighted by Crippen LogP contribution is -2.49. The molecule has 31 heavy (non-hydrogen) atoms. The number of carbonyl (C=O) groups excluding carboxylic acids is 2. The summed E-state index contributed by atoms with van der Waals surface area (Å²) in [4.78, 5) is 29.7. The Labute approximate surface area is 183 Å². The van der Waals surface area contributed by atoms with Gasteiger partial charge in [0.1, 0.15) is 11.9 Å². The van der Waals surface area contributed by atoms with E-state index in [1.807, 2.05) is 30.3 Å². The lowest BCUT2D eigenvalue weighted by molar-refractivity contribution is -0.140. The first kappa shape index (κ1) is 22.9. The van der Waals surface area contributed by atoms with Crippen LogP contribution in [-0.2, 0) is 27.3 Å². The van der Waals surface area contributed by atoms with Crippen molar-refractivity contribution in [3.8, 4) is 0 Å². The lowest BCUT2D eigenvalue weighted by atomic mass is 10.1. The van der Waals surface area contributed by atoms with Gasteiger partial charge in [-0.15, -0.1) is 0 Å². The smallest absolute Gasteiger partial charge is 0.242 e. The second-order valence-corrected chi connectivity index (χ2v) is 7.73. The van der Waals surface area contributed by atoms with Gasteiger partial charge in [0.05, 0.1) is 19.6 Å². The number of hydrogen-bond acceptors (Lipinski definition) is 4. The van der Waals surface area contributed by atoms with Crippen LogP contribution in [0.2, 0.25) is 0 Å². The zero-order valence-corrected chi connectivity index (χ0v) is 17.9. The Hall–Kier alpha value is -2.77. The predicted molar refractivity (Wildman–Crippen MR) is 117 cm³/mol. The molecule has 1 N–H and O–H groups in total. The Morgan fingerprint density at radius 3 is 2.42 bits per heavy atom. The molecule has 1 heterocycles. The molecule has 2 amide bonds. The van der Waals surface area contributed by atoms with Gasteiger partial charge >= 0.3 is 0 Å². The SMILES string of the molecule is CC(C(=O)NCCN1CCOCC1)N(Cc1ccc(F)cc1)C(=O)Cc1ccccc1. The highest BCUT2D eigenvalue weighted by Gasteiger charge is 2.26. The fourth-order valence-electron chi connectivity index (χ4n) is 3.55. The molecule has 0 spiro atoms. The maximum absolute atomic E-state index is 13.3. The van der Waals surface area contributed by atoms with Crippen molar-refractivity contribution in [1.29, 1.82) is 0 Å². The number of amides is 2. The lowest BCUT2D eigenvalue weighted by Gasteiger charge is -2.30.